The Bertz CT molecular complexity index is 351. The fraction of sp³-hybridized carbons (Fsp3) is 0.636. The molecule has 0 aromatic rings. The summed E-state index contributed by atoms with van der Waals surface area (Å²) < 4.78 is 5.41. The van der Waals surface area contributed by atoms with Crippen molar-refractivity contribution < 1.29 is 9.53 Å². The van der Waals surface area contributed by atoms with Crippen molar-refractivity contribution in [2.24, 2.45) is 5.10 Å². The standard InChI is InChI=1S/C11H18N4O2/c1-2-5-17-6-3-4-9-8-7-12-15-10(8)14-11(16)13-9/h7,10,15H,2-6H2,1H3,(H2,13,14,16). The summed E-state index contributed by atoms with van der Waals surface area (Å²) in [5, 5.41) is 9.52. The van der Waals surface area contributed by atoms with Gasteiger partial charge in [-0.05, 0) is 19.3 Å². The van der Waals surface area contributed by atoms with Crippen LogP contribution in [0.5, 0.6) is 0 Å². The molecule has 0 spiro atoms. The average molecular weight is 238 g/mol. The first-order valence-electron chi connectivity index (χ1n) is 5.98. The Labute approximate surface area is 100 Å². The fourth-order valence-corrected chi connectivity index (χ4v) is 1.87. The molecule has 0 fully saturated rings. The zero-order chi connectivity index (χ0) is 12.1. The molecule has 2 aliphatic heterocycles. The minimum absolute atomic E-state index is 0.171. The van der Waals surface area contributed by atoms with Crippen LogP contribution in [0.4, 0.5) is 4.79 Å². The number of urea groups is 1. The molecule has 1 unspecified atom stereocenters. The number of carbonyl (C=O) groups is 1. The van der Waals surface area contributed by atoms with Crippen LogP contribution in [0, 0.1) is 0 Å². The Hall–Kier alpha value is -1.56. The molecule has 2 rings (SSSR count). The van der Waals surface area contributed by atoms with Gasteiger partial charge in [0.1, 0.15) is 6.17 Å². The van der Waals surface area contributed by atoms with Gasteiger partial charge in [0, 0.05) is 24.5 Å². The summed E-state index contributed by atoms with van der Waals surface area (Å²) in [6.45, 7) is 3.61. The van der Waals surface area contributed by atoms with Gasteiger partial charge in [-0.15, -0.1) is 0 Å². The van der Waals surface area contributed by atoms with Crippen LogP contribution in [-0.2, 0) is 4.74 Å². The number of nitrogens with zero attached hydrogens (tertiary/aromatic N) is 1. The van der Waals surface area contributed by atoms with Gasteiger partial charge in [-0.1, -0.05) is 6.92 Å². The van der Waals surface area contributed by atoms with Crippen molar-refractivity contribution in [1.82, 2.24) is 16.1 Å². The topological polar surface area (TPSA) is 74.8 Å². The van der Waals surface area contributed by atoms with E-state index in [4.69, 9.17) is 4.74 Å². The number of rotatable bonds is 6. The average Bonchev–Trinajstić information content (AvgIpc) is 2.76. The van der Waals surface area contributed by atoms with Crippen molar-refractivity contribution in [2.75, 3.05) is 13.2 Å². The van der Waals surface area contributed by atoms with Crippen LogP contribution in [0.3, 0.4) is 0 Å². The summed E-state index contributed by atoms with van der Waals surface area (Å²) >= 11 is 0. The van der Waals surface area contributed by atoms with Crippen LogP contribution in [0.2, 0.25) is 0 Å². The molecule has 1 atom stereocenters. The van der Waals surface area contributed by atoms with Crippen LogP contribution in [0.25, 0.3) is 0 Å². The maximum atomic E-state index is 11.4. The van der Waals surface area contributed by atoms with Gasteiger partial charge in [0.05, 0.1) is 6.21 Å². The van der Waals surface area contributed by atoms with Crippen LogP contribution in [0.1, 0.15) is 26.2 Å². The van der Waals surface area contributed by atoms with E-state index in [-0.39, 0.29) is 12.2 Å². The SMILES string of the molecule is CCCOCCCC1=C2C=NNC2NC(=O)N1. The minimum Gasteiger partial charge on any atom is -0.381 e. The highest BCUT2D eigenvalue weighted by atomic mass is 16.5. The number of ether oxygens (including phenoxy) is 1. The van der Waals surface area contributed by atoms with Gasteiger partial charge in [-0.25, -0.2) is 4.79 Å². The Kier molecular flexibility index (Phi) is 3.98. The zero-order valence-corrected chi connectivity index (χ0v) is 9.95. The van der Waals surface area contributed by atoms with E-state index < -0.39 is 0 Å². The van der Waals surface area contributed by atoms with Crippen molar-refractivity contribution >= 4 is 12.2 Å². The molecule has 94 valence electrons. The van der Waals surface area contributed by atoms with Gasteiger partial charge < -0.3 is 15.4 Å². The van der Waals surface area contributed by atoms with Crippen molar-refractivity contribution in [2.45, 2.75) is 32.4 Å². The lowest BCUT2D eigenvalue weighted by Gasteiger charge is -2.24. The van der Waals surface area contributed by atoms with Gasteiger partial charge in [0.2, 0.25) is 0 Å². The van der Waals surface area contributed by atoms with Gasteiger partial charge in [0.15, 0.2) is 0 Å². The second-order valence-corrected chi connectivity index (χ2v) is 4.07. The monoisotopic (exact) mass is 238 g/mol. The molecule has 2 amide bonds. The van der Waals surface area contributed by atoms with Gasteiger partial charge in [-0.2, -0.15) is 5.10 Å². The fourth-order valence-electron chi connectivity index (χ4n) is 1.87. The van der Waals surface area contributed by atoms with Crippen LogP contribution < -0.4 is 16.1 Å². The van der Waals surface area contributed by atoms with Gasteiger partial charge >= 0.3 is 6.03 Å². The molecule has 0 aliphatic carbocycles. The molecule has 0 radical (unpaired) electrons. The number of nitrogens with one attached hydrogen (secondary N) is 3. The minimum atomic E-state index is -0.179. The highest BCUT2D eigenvalue weighted by Gasteiger charge is 2.27. The highest BCUT2D eigenvalue weighted by molar-refractivity contribution is 5.89. The maximum absolute atomic E-state index is 11.4. The summed E-state index contributed by atoms with van der Waals surface area (Å²) in [6.07, 6.45) is 4.32. The van der Waals surface area contributed by atoms with E-state index in [2.05, 4.69) is 28.1 Å². The third-order valence-electron chi connectivity index (χ3n) is 2.67. The number of fused-ring (bicyclic) bond motifs is 1. The molecule has 0 aromatic heterocycles. The predicted octanol–water partition coefficient (Wildman–Crippen LogP) is 0.675. The van der Waals surface area contributed by atoms with E-state index >= 15 is 0 Å². The molecule has 6 nitrogen and oxygen atoms in total. The number of carbonyl (C=O) groups excluding carboxylic acids is 1. The largest absolute Gasteiger partial charge is 0.381 e. The molecule has 0 bridgehead atoms. The van der Waals surface area contributed by atoms with E-state index in [1.807, 2.05) is 0 Å². The summed E-state index contributed by atoms with van der Waals surface area (Å²) in [5.41, 5.74) is 4.79. The highest BCUT2D eigenvalue weighted by Crippen LogP contribution is 2.16. The van der Waals surface area contributed by atoms with Crippen LogP contribution >= 0.6 is 0 Å². The lowest BCUT2D eigenvalue weighted by Crippen LogP contribution is -2.51. The third-order valence-corrected chi connectivity index (χ3v) is 2.67. The second-order valence-electron chi connectivity index (χ2n) is 4.07. The van der Waals surface area contributed by atoms with Crippen molar-refractivity contribution in [3.63, 3.8) is 0 Å². The Morgan fingerprint density at radius 1 is 1.47 bits per heavy atom. The van der Waals surface area contributed by atoms with Gasteiger partial charge in [-0.3, -0.25) is 5.43 Å². The molecule has 2 heterocycles. The normalized spacial score (nSPS) is 21.9. The van der Waals surface area contributed by atoms with Crippen LogP contribution in [0.15, 0.2) is 16.4 Å². The maximum Gasteiger partial charge on any atom is 0.320 e. The van der Waals surface area contributed by atoms with Crippen LogP contribution in [-0.4, -0.2) is 31.6 Å². The molecule has 17 heavy (non-hydrogen) atoms. The summed E-state index contributed by atoms with van der Waals surface area (Å²) in [7, 11) is 0. The molecule has 2 aliphatic rings. The van der Waals surface area contributed by atoms with E-state index in [9.17, 15) is 4.79 Å². The summed E-state index contributed by atoms with van der Waals surface area (Å²) in [4.78, 5) is 11.4. The molecule has 0 saturated heterocycles. The molecule has 0 saturated carbocycles. The van der Waals surface area contributed by atoms with Crippen molar-refractivity contribution in [1.29, 1.82) is 0 Å². The Balaban J connectivity index is 1.85. The zero-order valence-electron chi connectivity index (χ0n) is 9.95. The van der Waals surface area contributed by atoms with E-state index in [1.54, 1.807) is 6.21 Å². The number of hydrogen-bond donors (Lipinski definition) is 3. The molecular weight excluding hydrogens is 220 g/mol. The van der Waals surface area contributed by atoms with E-state index in [0.717, 1.165) is 43.7 Å². The first-order valence-corrected chi connectivity index (χ1v) is 5.98. The predicted molar refractivity (Wildman–Crippen MR) is 64.5 cm³/mol. The molecule has 6 heteroatoms. The first kappa shape index (κ1) is 11.9. The Morgan fingerprint density at radius 3 is 3.18 bits per heavy atom. The van der Waals surface area contributed by atoms with Crippen molar-refractivity contribution in [3.05, 3.63) is 11.3 Å². The smallest absolute Gasteiger partial charge is 0.320 e. The third kappa shape index (κ3) is 2.97. The van der Waals surface area contributed by atoms with Gasteiger partial charge in [0.25, 0.3) is 0 Å². The second kappa shape index (κ2) is 5.67. The number of allylic oxidation sites excluding steroid dienone is 1. The molecular formula is C11H18N4O2. The quantitative estimate of drug-likeness (QED) is 0.595. The number of hydrogen-bond acceptors (Lipinski definition) is 4. The summed E-state index contributed by atoms with van der Waals surface area (Å²) in [6, 6.07) is -0.179. The summed E-state index contributed by atoms with van der Waals surface area (Å²) in [5.74, 6) is 0. The van der Waals surface area contributed by atoms with E-state index in [1.165, 1.54) is 0 Å². The van der Waals surface area contributed by atoms with E-state index in [0.29, 0.717) is 0 Å². The lowest BCUT2D eigenvalue weighted by atomic mass is 10.1. The van der Waals surface area contributed by atoms with Crippen molar-refractivity contribution in [3.8, 4) is 0 Å². The number of hydrazone groups is 1. The Morgan fingerprint density at radius 2 is 2.35 bits per heavy atom. The molecule has 3 N–H and O–H groups in total. The first-order chi connectivity index (χ1) is 8.31. The molecule has 0 aromatic carbocycles. The number of amides is 2. The lowest BCUT2D eigenvalue weighted by molar-refractivity contribution is 0.132.